The van der Waals surface area contributed by atoms with Crippen LogP contribution in [0.4, 0.5) is 0 Å². The van der Waals surface area contributed by atoms with Crippen LogP contribution in [0.1, 0.15) is 31.2 Å². The van der Waals surface area contributed by atoms with E-state index in [1.54, 1.807) is 0 Å². The Balaban J connectivity index is 1.44. The first-order valence-corrected chi connectivity index (χ1v) is 7.73. The van der Waals surface area contributed by atoms with Crippen molar-refractivity contribution in [1.29, 1.82) is 0 Å². The van der Waals surface area contributed by atoms with Gasteiger partial charge in [-0.25, -0.2) is 0 Å². The summed E-state index contributed by atoms with van der Waals surface area (Å²) in [4.78, 5) is 11.5. The predicted molar refractivity (Wildman–Crippen MR) is 80.1 cm³/mol. The van der Waals surface area contributed by atoms with Crippen LogP contribution in [0.25, 0.3) is 0 Å². The second-order valence-corrected chi connectivity index (χ2v) is 5.27. The van der Waals surface area contributed by atoms with Gasteiger partial charge in [0, 0.05) is 6.61 Å². The highest BCUT2D eigenvalue weighted by Crippen LogP contribution is 2.11. The number of benzene rings is 1. The zero-order valence-corrected chi connectivity index (χ0v) is 12.5. The number of carbonyl (C=O) groups excluding carboxylic acids is 1. The molecule has 2 rings (SSSR count). The Labute approximate surface area is 126 Å². The molecule has 0 radical (unpaired) electrons. The van der Waals surface area contributed by atoms with Gasteiger partial charge in [0.05, 0.1) is 32.3 Å². The maximum absolute atomic E-state index is 11.5. The summed E-state index contributed by atoms with van der Waals surface area (Å²) in [6.45, 7) is 2.30. The lowest BCUT2D eigenvalue weighted by Gasteiger charge is -2.10. The quantitative estimate of drug-likeness (QED) is 0.518. The first-order valence-electron chi connectivity index (χ1n) is 7.73. The number of hydrogen-bond acceptors (Lipinski definition) is 4. The Morgan fingerprint density at radius 2 is 2.10 bits per heavy atom. The molecule has 1 aromatic rings. The number of carbonyl (C=O) groups is 1. The molecular formula is C17H24O4. The first-order chi connectivity index (χ1) is 10.3. The van der Waals surface area contributed by atoms with E-state index in [1.807, 2.05) is 18.2 Å². The highest BCUT2D eigenvalue weighted by molar-refractivity contribution is 5.69. The lowest BCUT2D eigenvalue weighted by atomic mass is 10.1. The van der Waals surface area contributed by atoms with E-state index in [-0.39, 0.29) is 12.1 Å². The van der Waals surface area contributed by atoms with Gasteiger partial charge in [-0.15, -0.1) is 0 Å². The van der Waals surface area contributed by atoms with E-state index in [4.69, 9.17) is 14.2 Å². The largest absolute Gasteiger partial charge is 0.466 e. The smallest absolute Gasteiger partial charge is 0.308 e. The van der Waals surface area contributed by atoms with Gasteiger partial charge >= 0.3 is 5.97 Å². The molecule has 1 heterocycles. The third kappa shape index (κ3) is 6.74. The molecule has 1 unspecified atom stereocenters. The molecule has 1 saturated heterocycles. The molecule has 116 valence electrons. The molecule has 0 aromatic heterocycles. The minimum atomic E-state index is -0.185. The van der Waals surface area contributed by atoms with Crippen LogP contribution in [0.15, 0.2) is 30.3 Å². The van der Waals surface area contributed by atoms with Gasteiger partial charge in [-0.2, -0.15) is 0 Å². The Morgan fingerprint density at radius 1 is 1.24 bits per heavy atom. The number of rotatable bonds is 9. The summed E-state index contributed by atoms with van der Waals surface area (Å²) < 4.78 is 16.1. The fourth-order valence-electron chi connectivity index (χ4n) is 2.33. The molecule has 4 nitrogen and oxygen atoms in total. The Bertz CT molecular complexity index is 399. The average molecular weight is 292 g/mol. The number of esters is 1. The summed E-state index contributed by atoms with van der Waals surface area (Å²) in [6.07, 6.45) is 4.49. The van der Waals surface area contributed by atoms with Crippen molar-refractivity contribution in [3.63, 3.8) is 0 Å². The van der Waals surface area contributed by atoms with Crippen molar-refractivity contribution in [2.24, 2.45) is 0 Å². The topological polar surface area (TPSA) is 44.8 Å². The fraction of sp³-hybridized carbons (Fsp3) is 0.588. The van der Waals surface area contributed by atoms with Gasteiger partial charge in [-0.3, -0.25) is 4.79 Å². The molecular weight excluding hydrogens is 268 g/mol. The number of hydrogen-bond donors (Lipinski definition) is 0. The molecule has 1 atom stereocenters. The summed E-state index contributed by atoms with van der Waals surface area (Å²) >= 11 is 0. The van der Waals surface area contributed by atoms with Crippen molar-refractivity contribution in [2.45, 2.75) is 38.2 Å². The van der Waals surface area contributed by atoms with Crippen molar-refractivity contribution in [3.8, 4) is 0 Å². The predicted octanol–water partition coefficient (Wildman–Crippen LogP) is 2.75. The van der Waals surface area contributed by atoms with Crippen molar-refractivity contribution in [2.75, 3.05) is 26.4 Å². The Morgan fingerprint density at radius 3 is 2.86 bits per heavy atom. The molecule has 1 aliphatic heterocycles. The van der Waals surface area contributed by atoms with Crippen LogP contribution in [0, 0.1) is 0 Å². The van der Waals surface area contributed by atoms with Gasteiger partial charge in [0.25, 0.3) is 0 Å². The van der Waals surface area contributed by atoms with Gasteiger partial charge < -0.3 is 14.2 Å². The molecule has 0 saturated carbocycles. The normalized spacial score (nSPS) is 17.8. The van der Waals surface area contributed by atoms with E-state index in [1.165, 1.54) is 5.56 Å². The van der Waals surface area contributed by atoms with Crippen LogP contribution in [0.5, 0.6) is 0 Å². The van der Waals surface area contributed by atoms with Crippen molar-refractivity contribution in [1.82, 2.24) is 0 Å². The molecule has 0 amide bonds. The number of ether oxygens (including phenoxy) is 3. The van der Waals surface area contributed by atoms with Crippen molar-refractivity contribution >= 4 is 5.97 Å². The molecule has 0 aliphatic carbocycles. The van der Waals surface area contributed by atoms with E-state index >= 15 is 0 Å². The fourth-order valence-corrected chi connectivity index (χ4v) is 2.33. The maximum atomic E-state index is 11.5. The van der Waals surface area contributed by atoms with Crippen LogP contribution in [0.3, 0.4) is 0 Å². The van der Waals surface area contributed by atoms with E-state index in [9.17, 15) is 4.79 Å². The zero-order valence-electron chi connectivity index (χ0n) is 12.5. The van der Waals surface area contributed by atoms with Crippen LogP contribution in [-0.4, -0.2) is 38.5 Å². The highest BCUT2D eigenvalue weighted by atomic mass is 16.5. The van der Waals surface area contributed by atoms with E-state index in [0.29, 0.717) is 26.2 Å². The van der Waals surface area contributed by atoms with E-state index in [2.05, 4.69) is 12.1 Å². The third-order valence-electron chi connectivity index (χ3n) is 3.49. The molecule has 1 aliphatic rings. The second-order valence-electron chi connectivity index (χ2n) is 5.27. The van der Waals surface area contributed by atoms with E-state index in [0.717, 1.165) is 32.3 Å². The van der Waals surface area contributed by atoms with Crippen LogP contribution in [-0.2, 0) is 25.4 Å². The van der Waals surface area contributed by atoms with Gasteiger partial charge in [0.1, 0.15) is 0 Å². The van der Waals surface area contributed by atoms with Gasteiger partial charge in [0.2, 0.25) is 0 Å². The van der Waals surface area contributed by atoms with Gasteiger partial charge in [-0.05, 0) is 31.2 Å². The van der Waals surface area contributed by atoms with Gasteiger partial charge in [-0.1, -0.05) is 30.3 Å². The number of aryl methyl sites for hydroxylation is 1. The standard InChI is InChI=1S/C17H24O4/c18-17(10-13-19-14-16-9-5-11-20-16)21-12-4-8-15-6-2-1-3-7-15/h1-3,6-7,16H,4-5,8-14H2. The molecule has 1 fully saturated rings. The van der Waals surface area contributed by atoms with Gasteiger partial charge in [0.15, 0.2) is 0 Å². The van der Waals surface area contributed by atoms with Crippen molar-refractivity contribution < 1.29 is 19.0 Å². The lowest BCUT2D eigenvalue weighted by Crippen LogP contribution is -2.16. The molecule has 4 heteroatoms. The summed E-state index contributed by atoms with van der Waals surface area (Å²) in [7, 11) is 0. The molecule has 0 N–H and O–H groups in total. The maximum Gasteiger partial charge on any atom is 0.308 e. The molecule has 1 aromatic carbocycles. The summed E-state index contributed by atoms with van der Waals surface area (Å²) in [5.74, 6) is -0.185. The third-order valence-corrected chi connectivity index (χ3v) is 3.49. The Kier molecular flexibility index (Phi) is 7.25. The molecule has 0 spiro atoms. The lowest BCUT2D eigenvalue weighted by molar-refractivity contribution is -0.145. The summed E-state index contributed by atoms with van der Waals surface area (Å²) in [5, 5.41) is 0. The van der Waals surface area contributed by atoms with Crippen LogP contribution in [0.2, 0.25) is 0 Å². The molecule has 21 heavy (non-hydrogen) atoms. The minimum Gasteiger partial charge on any atom is -0.466 e. The van der Waals surface area contributed by atoms with Crippen molar-refractivity contribution in [3.05, 3.63) is 35.9 Å². The minimum absolute atomic E-state index is 0.185. The molecule has 0 bridgehead atoms. The average Bonchev–Trinajstić information content (AvgIpc) is 3.02. The summed E-state index contributed by atoms with van der Waals surface area (Å²) in [5.41, 5.74) is 1.27. The van der Waals surface area contributed by atoms with E-state index < -0.39 is 0 Å². The zero-order chi connectivity index (χ0) is 14.8. The Hall–Kier alpha value is -1.39. The SMILES string of the molecule is O=C(CCOCC1CCCO1)OCCCc1ccccc1. The second kappa shape index (κ2) is 9.53. The van der Waals surface area contributed by atoms with Crippen LogP contribution >= 0.6 is 0 Å². The monoisotopic (exact) mass is 292 g/mol. The highest BCUT2D eigenvalue weighted by Gasteiger charge is 2.15. The van der Waals surface area contributed by atoms with Crippen LogP contribution < -0.4 is 0 Å². The first kappa shape index (κ1) is 16.0. The summed E-state index contributed by atoms with van der Waals surface area (Å²) in [6, 6.07) is 10.2.